The fourth-order valence-corrected chi connectivity index (χ4v) is 5.07. The first kappa shape index (κ1) is 31.3. The summed E-state index contributed by atoms with van der Waals surface area (Å²) < 4.78 is 43.1. The highest BCUT2D eigenvalue weighted by Gasteiger charge is 2.44. The van der Waals surface area contributed by atoms with Crippen molar-refractivity contribution in [2.45, 2.75) is 72.6 Å². The molecule has 0 aliphatic heterocycles. The maximum absolute atomic E-state index is 5.78. The van der Waals surface area contributed by atoms with Crippen molar-refractivity contribution in [2.24, 2.45) is 0 Å². The van der Waals surface area contributed by atoms with Crippen molar-refractivity contribution in [3.8, 4) is 0 Å². The summed E-state index contributed by atoms with van der Waals surface area (Å²) >= 11 is 0. The van der Waals surface area contributed by atoms with E-state index in [4.69, 9.17) is 35.4 Å². The summed E-state index contributed by atoms with van der Waals surface area (Å²) in [5.74, 6) is 0. The van der Waals surface area contributed by atoms with E-state index in [9.17, 15) is 0 Å². The van der Waals surface area contributed by atoms with Crippen molar-refractivity contribution >= 4 is 18.1 Å². The van der Waals surface area contributed by atoms with Gasteiger partial charge in [-0.2, -0.15) is 0 Å². The lowest BCUT2D eigenvalue weighted by molar-refractivity contribution is -0.0240. The van der Waals surface area contributed by atoms with Crippen LogP contribution in [0.1, 0.15) is 72.6 Å². The van der Waals surface area contributed by atoms with E-state index in [-0.39, 0.29) is 0 Å². The average Bonchev–Trinajstić information content (AvgIpc) is 2.76. The summed E-state index contributed by atoms with van der Waals surface area (Å²) in [6.07, 6.45) is 7.23. The van der Waals surface area contributed by atoms with Gasteiger partial charge in [0.25, 0.3) is 0 Å². The van der Waals surface area contributed by atoms with Crippen molar-refractivity contribution in [3.63, 3.8) is 0 Å². The molecule has 0 saturated carbocycles. The molecule has 0 N–H and O–H groups in total. The second-order valence-electron chi connectivity index (χ2n) is 6.27. The Hall–Kier alpha value is 0.114. The molecule has 0 aromatic carbocycles. The largest absolute Gasteiger partial charge is 0.679 e. The van der Waals surface area contributed by atoms with Crippen LogP contribution in [0.5, 0.6) is 0 Å². The Balaban J connectivity index is 0. The fraction of sp³-hybridized carbons (Fsp3) is 1.00. The highest BCUT2D eigenvalue weighted by Crippen LogP contribution is 2.13. The van der Waals surface area contributed by atoms with Gasteiger partial charge in [-0.3, -0.25) is 0 Å². The lowest BCUT2D eigenvalue weighted by atomic mass is 10.4. The van der Waals surface area contributed by atoms with Crippen LogP contribution in [-0.4, -0.2) is 73.0 Å². The molecule has 0 bridgehead atoms. The molecule has 0 aromatic heterocycles. The van der Waals surface area contributed by atoms with E-state index in [2.05, 4.69) is 20.8 Å². The van der Waals surface area contributed by atoms with Gasteiger partial charge in [-0.15, -0.1) is 0 Å². The first-order valence-electron chi connectivity index (χ1n) is 10.7. The van der Waals surface area contributed by atoms with Crippen LogP contribution < -0.4 is 0 Å². The molecule has 0 radical (unpaired) electrons. The standard InChI is InChI=1S/C13H30O4Si.C6H16O4Si/c1-5-8-11-15-18(14-4,16-12-9-6-2)17-13-10-7-3;1-5-6-10-11(7-2,8-3)9-4/h5-13H2,1-4H3;5-6H2,1-4H3. The average molecular weight is 459 g/mol. The van der Waals surface area contributed by atoms with E-state index < -0.39 is 18.1 Å². The molecule has 0 aromatic rings. The summed E-state index contributed by atoms with van der Waals surface area (Å²) in [6, 6.07) is 0. The van der Waals surface area contributed by atoms with Gasteiger partial charge in [-0.05, 0) is 25.7 Å². The minimum atomic E-state index is -2.88. The predicted octanol–water partition coefficient (Wildman–Crippen LogP) is 4.31. The van der Waals surface area contributed by atoms with E-state index in [0.29, 0.717) is 26.4 Å². The minimum absolute atomic E-state index is 0.599. The third kappa shape index (κ3) is 15.5. The Labute approximate surface area is 181 Å². The van der Waals surface area contributed by atoms with E-state index in [1.54, 1.807) is 7.11 Å². The molecule has 0 unspecified atom stereocenters. The summed E-state index contributed by atoms with van der Waals surface area (Å²) in [6.45, 7) is 11.0. The molecule has 0 spiro atoms. The smallest absolute Gasteiger partial charge is 0.355 e. The number of hydrogen-bond acceptors (Lipinski definition) is 8. The lowest BCUT2D eigenvalue weighted by Gasteiger charge is -2.26. The number of rotatable bonds is 19. The molecule has 0 amide bonds. The molecule has 0 atom stereocenters. The molecule has 10 heteroatoms. The van der Waals surface area contributed by atoms with E-state index in [1.807, 2.05) is 6.92 Å². The third-order valence-corrected chi connectivity index (χ3v) is 8.04. The van der Waals surface area contributed by atoms with E-state index in [1.165, 1.54) is 21.3 Å². The zero-order valence-electron chi connectivity index (χ0n) is 20.0. The zero-order valence-corrected chi connectivity index (χ0v) is 22.0. The monoisotopic (exact) mass is 458 g/mol. The Kier molecular flexibility index (Phi) is 23.0. The topological polar surface area (TPSA) is 73.8 Å². The van der Waals surface area contributed by atoms with Gasteiger partial charge in [0.05, 0.1) is 0 Å². The van der Waals surface area contributed by atoms with Gasteiger partial charge in [0.15, 0.2) is 0 Å². The van der Waals surface area contributed by atoms with Gasteiger partial charge in [0.2, 0.25) is 0 Å². The Morgan fingerprint density at radius 3 is 0.966 bits per heavy atom. The normalized spacial score (nSPS) is 12.0. The fourth-order valence-electron chi connectivity index (χ4n) is 1.98. The van der Waals surface area contributed by atoms with Gasteiger partial charge in [0.1, 0.15) is 0 Å². The number of hydrogen-bond donors (Lipinski definition) is 0. The molecule has 0 saturated heterocycles. The molecule has 0 aliphatic rings. The molecule has 8 nitrogen and oxygen atoms in total. The lowest BCUT2D eigenvalue weighted by Crippen LogP contribution is -2.49. The summed E-state index contributed by atoms with van der Waals surface area (Å²) in [5, 5.41) is 0. The molecule has 178 valence electrons. The molecular weight excluding hydrogens is 412 g/mol. The van der Waals surface area contributed by atoms with Crippen LogP contribution in [0.25, 0.3) is 0 Å². The van der Waals surface area contributed by atoms with Crippen LogP contribution in [0, 0.1) is 0 Å². The first-order chi connectivity index (χ1) is 14.0. The highest BCUT2D eigenvalue weighted by molar-refractivity contribution is 6.53. The second kappa shape index (κ2) is 21.3. The van der Waals surface area contributed by atoms with Crippen LogP contribution in [-0.2, 0) is 35.4 Å². The van der Waals surface area contributed by atoms with Crippen molar-refractivity contribution in [1.29, 1.82) is 0 Å². The van der Waals surface area contributed by atoms with Gasteiger partial charge in [-0.1, -0.05) is 47.0 Å². The van der Waals surface area contributed by atoms with Gasteiger partial charge < -0.3 is 35.4 Å². The Morgan fingerprint density at radius 2 is 0.724 bits per heavy atom. The number of unbranched alkanes of at least 4 members (excludes halogenated alkanes) is 3. The molecule has 0 heterocycles. The van der Waals surface area contributed by atoms with Crippen LogP contribution in [0.2, 0.25) is 0 Å². The first-order valence-corrected chi connectivity index (χ1v) is 14.0. The predicted molar refractivity (Wildman–Crippen MR) is 118 cm³/mol. The summed E-state index contributed by atoms with van der Waals surface area (Å²) in [7, 11) is 0.570. The van der Waals surface area contributed by atoms with Gasteiger partial charge in [0, 0.05) is 54.9 Å². The minimum Gasteiger partial charge on any atom is -0.355 e. The van der Waals surface area contributed by atoms with Crippen LogP contribution in [0.4, 0.5) is 0 Å². The quantitative estimate of drug-likeness (QED) is 0.209. The molecule has 0 rings (SSSR count). The van der Waals surface area contributed by atoms with E-state index >= 15 is 0 Å². The SMILES string of the molecule is CCCCO[Si](OC)(OCCCC)OCCCC.CCCO[Si](OC)(OC)OC. The zero-order chi connectivity index (χ0) is 22.4. The van der Waals surface area contributed by atoms with Crippen molar-refractivity contribution < 1.29 is 35.4 Å². The van der Waals surface area contributed by atoms with E-state index in [0.717, 1.165) is 44.9 Å². The summed E-state index contributed by atoms with van der Waals surface area (Å²) in [4.78, 5) is 0. The van der Waals surface area contributed by atoms with Crippen LogP contribution >= 0.6 is 0 Å². The van der Waals surface area contributed by atoms with Crippen molar-refractivity contribution in [1.82, 2.24) is 0 Å². The Bertz CT molecular complexity index is 299. The molecule has 0 aliphatic carbocycles. The third-order valence-electron chi connectivity index (χ3n) is 3.81. The van der Waals surface area contributed by atoms with Crippen LogP contribution in [0.15, 0.2) is 0 Å². The maximum atomic E-state index is 5.78. The second-order valence-corrected chi connectivity index (χ2v) is 11.1. The van der Waals surface area contributed by atoms with Gasteiger partial charge >= 0.3 is 18.1 Å². The maximum Gasteiger partial charge on any atom is 0.679 e. The van der Waals surface area contributed by atoms with Gasteiger partial charge in [-0.25, -0.2) is 0 Å². The van der Waals surface area contributed by atoms with Crippen LogP contribution in [0.3, 0.4) is 0 Å². The van der Waals surface area contributed by atoms with Crippen molar-refractivity contribution in [2.75, 3.05) is 54.9 Å². The van der Waals surface area contributed by atoms with Crippen molar-refractivity contribution in [3.05, 3.63) is 0 Å². The molecular formula is C19H46O8Si2. The molecule has 29 heavy (non-hydrogen) atoms. The Morgan fingerprint density at radius 1 is 0.414 bits per heavy atom. The summed E-state index contributed by atoms with van der Waals surface area (Å²) in [5.41, 5.74) is 0. The molecule has 0 fully saturated rings. The highest BCUT2D eigenvalue weighted by atomic mass is 28.4.